The van der Waals surface area contributed by atoms with Crippen LogP contribution in [0.2, 0.25) is 0 Å². The molecule has 0 atom stereocenters. The van der Waals surface area contributed by atoms with Gasteiger partial charge in [-0.15, -0.1) is 0 Å². The highest BCUT2D eigenvalue weighted by Gasteiger charge is 2.14. The van der Waals surface area contributed by atoms with Crippen LogP contribution in [0.1, 0.15) is 40.0 Å². The first-order chi connectivity index (χ1) is 6.02. The molecular weight excluding hydrogens is 164 g/mol. The first-order valence-corrected chi connectivity index (χ1v) is 4.97. The summed E-state index contributed by atoms with van der Waals surface area (Å²) in [6.07, 6.45) is 2.87. The summed E-state index contributed by atoms with van der Waals surface area (Å²) in [5, 5.41) is 5.97. The zero-order valence-electron chi connectivity index (χ0n) is 9.24. The summed E-state index contributed by atoms with van der Waals surface area (Å²) in [5.74, 6) is 0.0970. The number of rotatable bonds is 6. The molecule has 0 fully saturated rings. The number of hydrogen-bond acceptors (Lipinski definition) is 2. The predicted molar refractivity (Wildman–Crippen MR) is 55.7 cm³/mol. The Morgan fingerprint density at radius 1 is 1.38 bits per heavy atom. The van der Waals surface area contributed by atoms with Gasteiger partial charge in [0.15, 0.2) is 0 Å². The summed E-state index contributed by atoms with van der Waals surface area (Å²) in [7, 11) is 1.67. The van der Waals surface area contributed by atoms with Crippen LogP contribution in [0.4, 0.5) is 0 Å². The fraction of sp³-hybridized carbons (Fsp3) is 0.900. The Kier molecular flexibility index (Phi) is 5.71. The molecule has 0 saturated heterocycles. The van der Waals surface area contributed by atoms with E-state index in [4.69, 9.17) is 0 Å². The van der Waals surface area contributed by atoms with Crippen molar-refractivity contribution in [2.75, 3.05) is 13.6 Å². The van der Waals surface area contributed by atoms with Crippen LogP contribution in [0, 0.1) is 0 Å². The summed E-state index contributed by atoms with van der Waals surface area (Å²) in [4.78, 5) is 10.9. The lowest BCUT2D eigenvalue weighted by atomic mass is 9.99. The van der Waals surface area contributed by atoms with Gasteiger partial charge in [-0.2, -0.15) is 0 Å². The van der Waals surface area contributed by atoms with Gasteiger partial charge in [0, 0.05) is 25.6 Å². The normalized spacial score (nSPS) is 11.4. The van der Waals surface area contributed by atoms with Crippen molar-refractivity contribution in [2.45, 2.75) is 45.6 Å². The topological polar surface area (TPSA) is 41.1 Å². The second kappa shape index (κ2) is 5.97. The van der Waals surface area contributed by atoms with E-state index >= 15 is 0 Å². The van der Waals surface area contributed by atoms with E-state index in [1.54, 1.807) is 7.05 Å². The Morgan fingerprint density at radius 2 is 2.00 bits per heavy atom. The minimum absolute atomic E-state index is 0.0970. The third kappa shape index (κ3) is 6.58. The van der Waals surface area contributed by atoms with Crippen LogP contribution in [0.25, 0.3) is 0 Å². The molecule has 0 spiro atoms. The first-order valence-electron chi connectivity index (χ1n) is 4.97. The summed E-state index contributed by atoms with van der Waals surface area (Å²) >= 11 is 0. The molecule has 3 nitrogen and oxygen atoms in total. The largest absolute Gasteiger partial charge is 0.359 e. The molecule has 0 radical (unpaired) electrons. The quantitative estimate of drug-likeness (QED) is 0.656. The Hall–Kier alpha value is -0.570. The fourth-order valence-electron chi connectivity index (χ4n) is 1.35. The Labute approximate surface area is 81.3 Å². The average molecular weight is 186 g/mol. The van der Waals surface area contributed by atoms with Gasteiger partial charge < -0.3 is 10.6 Å². The number of hydrogen-bond donors (Lipinski definition) is 2. The van der Waals surface area contributed by atoms with Crippen LogP contribution in [-0.2, 0) is 4.79 Å². The van der Waals surface area contributed by atoms with Crippen molar-refractivity contribution in [1.29, 1.82) is 0 Å². The number of carbonyl (C=O) groups is 1. The summed E-state index contributed by atoms with van der Waals surface area (Å²) in [6.45, 7) is 7.26. The standard InChI is InChI=1S/C10H22N2O/c1-5-7-10(2,3)12-8-6-9(13)11-4/h12H,5-8H2,1-4H3,(H,11,13). The van der Waals surface area contributed by atoms with E-state index in [0.717, 1.165) is 13.0 Å². The molecule has 0 heterocycles. The molecule has 13 heavy (non-hydrogen) atoms. The van der Waals surface area contributed by atoms with Crippen LogP contribution in [-0.4, -0.2) is 25.0 Å². The second-order valence-corrected chi connectivity index (χ2v) is 3.98. The molecule has 0 aliphatic carbocycles. The molecule has 1 amide bonds. The van der Waals surface area contributed by atoms with E-state index in [2.05, 4.69) is 31.4 Å². The van der Waals surface area contributed by atoms with Gasteiger partial charge in [-0.1, -0.05) is 13.3 Å². The van der Waals surface area contributed by atoms with Crippen molar-refractivity contribution >= 4 is 5.91 Å². The molecular formula is C10H22N2O. The molecule has 0 bridgehead atoms. The molecule has 0 aliphatic heterocycles. The average Bonchev–Trinajstić information content (AvgIpc) is 2.03. The molecule has 0 aromatic rings. The highest BCUT2D eigenvalue weighted by molar-refractivity contribution is 5.75. The van der Waals surface area contributed by atoms with Crippen LogP contribution in [0.3, 0.4) is 0 Å². The zero-order valence-corrected chi connectivity index (χ0v) is 9.24. The Balaban J connectivity index is 3.56. The van der Waals surface area contributed by atoms with E-state index < -0.39 is 0 Å². The predicted octanol–water partition coefficient (Wildman–Crippen LogP) is 1.29. The maximum absolute atomic E-state index is 10.9. The van der Waals surface area contributed by atoms with Crippen LogP contribution in [0.5, 0.6) is 0 Å². The molecule has 0 unspecified atom stereocenters. The molecule has 0 rings (SSSR count). The van der Waals surface area contributed by atoms with Crippen molar-refractivity contribution in [2.24, 2.45) is 0 Å². The van der Waals surface area contributed by atoms with Crippen molar-refractivity contribution in [3.8, 4) is 0 Å². The fourth-order valence-corrected chi connectivity index (χ4v) is 1.35. The second-order valence-electron chi connectivity index (χ2n) is 3.98. The van der Waals surface area contributed by atoms with Gasteiger partial charge >= 0.3 is 0 Å². The molecule has 78 valence electrons. The zero-order chi connectivity index (χ0) is 10.3. The molecule has 0 aromatic heterocycles. The summed E-state index contributed by atoms with van der Waals surface area (Å²) < 4.78 is 0. The highest BCUT2D eigenvalue weighted by Crippen LogP contribution is 2.09. The van der Waals surface area contributed by atoms with Crippen molar-refractivity contribution in [1.82, 2.24) is 10.6 Å². The van der Waals surface area contributed by atoms with Gasteiger partial charge in [0.2, 0.25) is 5.91 Å². The molecule has 0 aromatic carbocycles. The maximum Gasteiger partial charge on any atom is 0.221 e. The Bertz CT molecular complexity index is 155. The van der Waals surface area contributed by atoms with Gasteiger partial charge in [-0.25, -0.2) is 0 Å². The molecule has 0 aliphatic rings. The van der Waals surface area contributed by atoms with Gasteiger partial charge in [0.25, 0.3) is 0 Å². The van der Waals surface area contributed by atoms with Gasteiger partial charge in [0.1, 0.15) is 0 Å². The van der Waals surface area contributed by atoms with Gasteiger partial charge in [0.05, 0.1) is 0 Å². The minimum atomic E-state index is 0.0970. The van der Waals surface area contributed by atoms with Crippen molar-refractivity contribution < 1.29 is 4.79 Å². The molecule has 2 N–H and O–H groups in total. The van der Waals surface area contributed by atoms with E-state index in [9.17, 15) is 4.79 Å². The summed E-state index contributed by atoms with van der Waals surface area (Å²) in [5.41, 5.74) is 0.156. The number of nitrogens with one attached hydrogen (secondary N) is 2. The number of carbonyl (C=O) groups excluding carboxylic acids is 1. The van der Waals surface area contributed by atoms with E-state index in [-0.39, 0.29) is 11.4 Å². The smallest absolute Gasteiger partial charge is 0.221 e. The lowest BCUT2D eigenvalue weighted by Gasteiger charge is -2.25. The Morgan fingerprint density at radius 3 is 2.46 bits per heavy atom. The van der Waals surface area contributed by atoms with E-state index in [0.29, 0.717) is 6.42 Å². The van der Waals surface area contributed by atoms with E-state index in [1.807, 2.05) is 0 Å². The molecule has 0 saturated carbocycles. The SMILES string of the molecule is CCCC(C)(C)NCCC(=O)NC. The van der Waals surface area contributed by atoms with Crippen LogP contribution >= 0.6 is 0 Å². The molecule has 3 heteroatoms. The monoisotopic (exact) mass is 186 g/mol. The third-order valence-electron chi connectivity index (χ3n) is 2.11. The van der Waals surface area contributed by atoms with E-state index in [1.165, 1.54) is 6.42 Å². The lowest BCUT2D eigenvalue weighted by molar-refractivity contribution is -0.120. The van der Waals surface area contributed by atoms with Crippen molar-refractivity contribution in [3.63, 3.8) is 0 Å². The maximum atomic E-state index is 10.9. The van der Waals surface area contributed by atoms with Crippen LogP contribution in [0.15, 0.2) is 0 Å². The lowest BCUT2D eigenvalue weighted by Crippen LogP contribution is -2.40. The van der Waals surface area contributed by atoms with Crippen molar-refractivity contribution in [3.05, 3.63) is 0 Å². The number of amides is 1. The first kappa shape index (κ1) is 12.4. The van der Waals surface area contributed by atoms with Crippen LogP contribution < -0.4 is 10.6 Å². The highest BCUT2D eigenvalue weighted by atomic mass is 16.1. The summed E-state index contributed by atoms with van der Waals surface area (Å²) in [6, 6.07) is 0. The van der Waals surface area contributed by atoms with Gasteiger partial charge in [-0.3, -0.25) is 4.79 Å². The minimum Gasteiger partial charge on any atom is -0.359 e. The van der Waals surface area contributed by atoms with Gasteiger partial charge in [-0.05, 0) is 20.3 Å². The third-order valence-corrected chi connectivity index (χ3v) is 2.11.